The molecule has 2 aromatic carbocycles. The minimum atomic E-state index is -0.911. The van der Waals surface area contributed by atoms with Gasteiger partial charge in [-0.05, 0) is 60.4 Å². The summed E-state index contributed by atoms with van der Waals surface area (Å²) in [6.45, 7) is 0. The van der Waals surface area contributed by atoms with Gasteiger partial charge in [0.2, 0.25) is 0 Å². The van der Waals surface area contributed by atoms with Crippen LogP contribution in [0.15, 0.2) is 48.7 Å². The third-order valence-corrected chi connectivity index (χ3v) is 5.44. The summed E-state index contributed by atoms with van der Waals surface area (Å²) in [5, 5.41) is 25.3. The molecule has 1 saturated carbocycles. The van der Waals surface area contributed by atoms with Gasteiger partial charge in [0.1, 0.15) is 17.9 Å². The van der Waals surface area contributed by atoms with Crippen molar-refractivity contribution in [1.82, 2.24) is 10.3 Å². The van der Waals surface area contributed by atoms with Gasteiger partial charge in [0.25, 0.3) is 0 Å². The molecule has 0 bridgehead atoms. The number of anilines is 1. The molecule has 1 aliphatic carbocycles. The second kappa shape index (κ2) is 7.83. The first-order valence-corrected chi connectivity index (χ1v) is 9.57. The number of pyridine rings is 1. The molecule has 146 valence electrons. The number of rotatable bonds is 4. The zero-order valence-electron chi connectivity index (χ0n) is 15.5. The van der Waals surface area contributed by atoms with Crippen molar-refractivity contribution < 1.29 is 14.6 Å². The predicted octanol–water partition coefficient (Wildman–Crippen LogP) is 3.51. The van der Waals surface area contributed by atoms with Gasteiger partial charge in [0, 0.05) is 23.2 Å². The average Bonchev–Trinajstić information content (AvgIpc) is 2.68. The third-order valence-electron chi connectivity index (χ3n) is 5.44. The van der Waals surface area contributed by atoms with E-state index >= 15 is 0 Å². The van der Waals surface area contributed by atoms with Gasteiger partial charge in [-0.25, -0.2) is 9.37 Å². The highest BCUT2D eigenvalue weighted by Gasteiger charge is 2.23. The minimum absolute atomic E-state index is 0.0536. The lowest BCUT2D eigenvalue weighted by molar-refractivity contribution is 0.0723. The van der Waals surface area contributed by atoms with Crippen LogP contribution in [0.5, 0.6) is 0 Å². The zero-order chi connectivity index (χ0) is 19.7. The van der Waals surface area contributed by atoms with E-state index in [4.69, 9.17) is 5.73 Å². The van der Waals surface area contributed by atoms with Crippen molar-refractivity contribution in [2.75, 3.05) is 5.73 Å². The van der Waals surface area contributed by atoms with Gasteiger partial charge >= 0.3 is 0 Å². The van der Waals surface area contributed by atoms with Crippen LogP contribution in [0.25, 0.3) is 21.9 Å². The standard InChI is InChI=1S/C22H24FN3O2/c23-15-4-1-3-13(9-15)14-7-8-18-19(10-14)21(24)25-12-20(18)22(28)26-16-5-2-6-17(27)11-16/h1,3-4,7-10,12,16-17,22,26-28H,2,5-6,11H2,(H2,24,25)/t16-,17-,22?/m1/s1. The van der Waals surface area contributed by atoms with Gasteiger partial charge < -0.3 is 15.9 Å². The Balaban J connectivity index is 1.67. The van der Waals surface area contributed by atoms with E-state index in [0.29, 0.717) is 23.2 Å². The van der Waals surface area contributed by atoms with Crippen molar-refractivity contribution >= 4 is 16.6 Å². The highest BCUT2D eigenvalue weighted by atomic mass is 19.1. The van der Waals surface area contributed by atoms with E-state index in [1.807, 2.05) is 24.3 Å². The number of nitrogens with one attached hydrogen (secondary N) is 1. The summed E-state index contributed by atoms with van der Waals surface area (Å²) in [4.78, 5) is 4.24. The van der Waals surface area contributed by atoms with Crippen LogP contribution >= 0.6 is 0 Å². The lowest BCUT2D eigenvalue weighted by Gasteiger charge is -2.29. The number of nitrogens with two attached hydrogens (primary N) is 1. The number of nitrogen functional groups attached to an aromatic ring is 1. The number of nitrogens with zero attached hydrogens (tertiary/aromatic N) is 1. The summed E-state index contributed by atoms with van der Waals surface area (Å²) >= 11 is 0. The van der Waals surface area contributed by atoms with Crippen LogP contribution in [-0.2, 0) is 0 Å². The fourth-order valence-corrected chi connectivity index (χ4v) is 3.98. The van der Waals surface area contributed by atoms with Gasteiger partial charge in [-0.1, -0.05) is 24.3 Å². The Morgan fingerprint density at radius 2 is 1.93 bits per heavy atom. The number of halogens is 1. The molecule has 0 radical (unpaired) electrons. The normalized spacial score (nSPS) is 21.0. The molecule has 3 atom stereocenters. The Hall–Kier alpha value is -2.54. The molecule has 0 aliphatic heterocycles. The first-order chi connectivity index (χ1) is 13.5. The Labute approximate surface area is 163 Å². The largest absolute Gasteiger partial charge is 0.393 e. The maximum Gasteiger partial charge on any atom is 0.133 e. The van der Waals surface area contributed by atoms with Crippen LogP contribution in [0.3, 0.4) is 0 Å². The third kappa shape index (κ3) is 3.85. The van der Waals surface area contributed by atoms with Crippen LogP contribution in [0.4, 0.5) is 10.2 Å². The first-order valence-electron chi connectivity index (χ1n) is 9.57. The van der Waals surface area contributed by atoms with Gasteiger partial charge in [-0.2, -0.15) is 0 Å². The van der Waals surface area contributed by atoms with E-state index in [1.165, 1.54) is 12.1 Å². The van der Waals surface area contributed by atoms with Crippen LogP contribution in [-0.4, -0.2) is 27.3 Å². The Kier molecular flexibility index (Phi) is 5.26. The summed E-state index contributed by atoms with van der Waals surface area (Å²) < 4.78 is 13.6. The highest BCUT2D eigenvalue weighted by molar-refractivity contribution is 5.96. The summed E-state index contributed by atoms with van der Waals surface area (Å²) in [6.07, 6.45) is 3.63. The van der Waals surface area contributed by atoms with Crippen molar-refractivity contribution in [2.45, 2.75) is 44.1 Å². The molecular formula is C22H24FN3O2. The minimum Gasteiger partial charge on any atom is -0.393 e. The molecule has 1 heterocycles. The van der Waals surface area contributed by atoms with Crippen LogP contribution in [0, 0.1) is 5.82 Å². The van der Waals surface area contributed by atoms with Crippen molar-refractivity contribution in [3.05, 3.63) is 60.0 Å². The second-order valence-corrected chi connectivity index (χ2v) is 7.46. The average molecular weight is 381 g/mol. The monoisotopic (exact) mass is 381 g/mol. The summed E-state index contributed by atoms with van der Waals surface area (Å²) in [5.41, 5.74) is 8.30. The fraction of sp³-hybridized carbons (Fsp3) is 0.318. The van der Waals surface area contributed by atoms with Gasteiger partial charge in [-0.15, -0.1) is 0 Å². The Morgan fingerprint density at radius 1 is 1.11 bits per heavy atom. The molecule has 1 aromatic heterocycles. The number of fused-ring (bicyclic) bond motifs is 1. The molecule has 1 fully saturated rings. The van der Waals surface area contributed by atoms with E-state index in [-0.39, 0.29) is 18.0 Å². The molecule has 0 spiro atoms. The van der Waals surface area contributed by atoms with Crippen molar-refractivity contribution in [1.29, 1.82) is 0 Å². The van der Waals surface area contributed by atoms with Crippen molar-refractivity contribution in [2.24, 2.45) is 0 Å². The predicted molar refractivity (Wildman–Crippen MR) is 108 cm³/mol. The van der Waals surface area contributed by atoms with E-state index in [9.17, 15) is 14.6 Å². The number of benzene rings is 2. The lowest BCUT2D eigenvalue weighted by Crippen LogP contribution is -2.38. The van der Waals surface area contributed by atoms with E-state index in [2.05, 4.69) is 10.3 Å². The molecule has 4 rings (SSSR count). The highest BCUT2D eigenvalue weighted by Crippen LogP contribution is 2.32. The smallest absolute Gasteiger partial charge is 0.133 e. The summed E-state index contributed by atoms with van der Waals surface area (Å²) in [5.74, 6) is 0.0593. The van der Waals surface area contributed by atoms with Gasteiger partial charge in [0.05, 0.1) is 6.10 Å². The number of aliphatic hydroxyl groups excluding tert-OH is 2. The Morgan fingerprint density at radius 3 is 2.71 bits per heavy atom. The topological polar surface area (TPSA) is 91.4 Å². The number of aromatic nitrogens is 1. The van der Waals surface area contributed by atoms with Crippen LogP contribution in [0.1, 0.15) is 37.5 Å². The first kappa shape index (κ1) is 18.8. The lowest BCUT2D eigenvalue weighted by atomic mass is 9.92. The molecule has 0 saturated heterocycles. The maximum absolute atomic E-state index is 13.6. The van der Waals surface area contributed by atoms with Crippen LogP contribution < -0.4 is 11.1 Å². The molecule has 5 nitrogen and oxygen atoms in total. The quantitative estimate of drug-likeness (QED) is 0.519. The molecule has 0 amide bonds. The van der Waals surface area contributed by atoms with Gasteiger partial charge in [-0.3, -0.25) is 5.32 Å². The van der Waals surface area contributed by atoms with Crippen molar-refractivity contribution in [3.63, 3.8) is 0 Å². The number of hydrogen-bond acceptors (Lipinski definition) is 5. The fourth-order valence-electron chi connectivity index (χ4n) is 3.98. The molecule has 1 aliphatic rings. The molecule has 1 unspecified atom stereocenters. The number of hydrogen-bond donors (Lipinski definition) is 4. The van der Waals surface area contributed by atoms with E-state index < -0.39 is 6.23 Å². The molecule has 28 heavy (non-hydrogen) atoms. The summed E-state index contributed by atoms with van der Waals surface area (Å²) in [6, 6.07) is 12.1. The SMILES string of the molecule is Nc1ncc(C(O)N[C@@H]2CCC[C@@H](O)C2)c2ccc(-c3cccc(F)c3)cc12. The molecule has 3 aromatic rings. The molecule has 5 N–H and O–H groups in total. The maximum atomic E-state index is 13.6. The molecule has 6 heteroatoms. The number of aliphatic hydroxyl groups is 2. The van der Waals surface area contributed by atoms with Crippen molar-refractivity contribution in [3.8, 4) is 11.1 Å². The zero-order valence-corrected chi connectivity index (χ0v) is 15.5. The van der Waals surface area contributed by atoms with Gasteiger partial charge in [0.15, 0.2) is 0 Å². The van der Waals surface area contributed by atoms with Crippen LogP contribution in [0.2, 0.25) is 0 Å². The summed E-state index contributed by atoms with van der Waals surface area (Å²) in [7, 11) is 0. The second-order valence-electron chi connectivity index (χ2n) is 7.46. The molecular weight excluding hydrogens is 357 g/mol. The Bertz CT molecular complexity index is 995. The van der Waals surface area contributed by atoms with E-state index in [0.717, 1.165) is 35.8 Å². The van der Waals surface area contributed by atoms with E-state index in [1.54, 1.807) is 12.3 Å².